The van der Waals surface area contributed by atoms with Crippen LogP contribution in [0.2, 0.25) is 0 Å². The van der Waals surface area contributed by atoms with E-state index < -0.39 is 0 Å². The Kier molecular flexibility index (Phi) is 6.11. The minimum atomic E-state index is -0.181. The van der Waals surface area contributed by atoms with Crippen molar-refractivity contribution in [1.29, 1.82) is 0 Å². The predicted octanol–water partition coefficient (Wildman–Crippen LogP) is 3.28. The molecule has 0 saturated heterocycles. The van der Waals surface area contributed by atoms with Crippen LogP contribution in [-0.4, -0.2) is 40.1 Å². The molecule has 0 aliphatic carbocycles. The van der Waals surface area contributed by atoms with Crippen molar-refractivity contribution in [3.05, 3.63) is 36.9 Å². The molecule has 6 nitrogen and oxygen atoms in total. The first-order chi connectivity index (χ1) is 12.2. The van der Waals surface area contributed by atoms with Crippen LogP contribution in [0.4, 0.5) is 10.8 Å². The van der Waals surface area contributed by atoms with Gasteiger partial charge in [0.1, 0.15) is 0 Å². The first kappa shape index (κ1) is 18.0. The molecule has 1 aromatic carbocycles. The Bertz CT molecular complexity index is 793. The van der Waals surface area contributed by atoms with Crippen molar-refractivity contribution in [2.24, 2.45) is 0 Å². The van der Waals surface area contributed by atoms with Crippen LogP contribution in [0.25, 0.3) is 0 Å². The van der Waals surface area contributed by atoms with E-state index in [2.05, 4.69) is 22.1 Å². The zero-order chi connectivity index (χ0) is 17.6. The number of carbonyl (C=O) groups is 2. The topological polar surface area (TPSA) is 75.2 Å². The van der Waals surface area contributed by atoms with Crippen LogP contribution < -0.4 is 10.2 Å². The second kappa shape index (κ2) is 8.50. The van der Waals surface area contributed by atoms with Gasteiger partial charge in [-0.3, -0.25) is 9.59 Å². The molecule has 2 heterocycles. The fourth-order valence-corrected chi connectivity index (χ4v) is 4.71. The third kappa shape index (κ3) is 4.62. The van der Waals surface area contributed by atoms with Crippen molar-refractivity contribution in [3.63, 3.8) is 0 Å². The number of para-hydroxylation sites is 1. The van der Waals surface area contributed by atoms with Crippen molar-refractivity contribution >= 4 is 57.5 Å². The van der Waals surface area contributed by atoms with Gasteiger partial charge in [0.2, 0.25) is 16.9 Å². The van der Waals surface area contributed by atoms with Crippen molar-refractivity contribution in [1.82, 2.24) is 10.2 Å². The number of benzene rings is 1. The van der Waals surface area contributed by atoms with E-state index in [4.69, 9.17) is 0 Å². The molecule has 2 aromatic rings. The highest BCUT2D eigenvalue weighted by molar-refractivity contribution is 8.01. The summed E-state index contributed by atoms with van der Waals surface area (Å²) in [6, 6.07) is 7.74. The highest BCUT2D eigenvalue weighted by Gasteiger charge is 2.24. The van der Waals surface area contributed by atoms with E-state index in [-0.39, 0.29) is 18.2 Å². The van der Waals surface area contributed by atoms with Gasteiger partial charge < -0.3 is 10.2 Å². The molecular weight excluding hydrogens is 376 g/mol. The van der Waals surface area contributed by atoms with Gasteiger partial charge >= 0.3 is 0 Å². The monoisotopic (exact) mass is 392 g/mol. The molecule has 1 aromatic heterocycles. The highest BCUT2D eigenvalue weighted by Crippen LogP contribution is 2.35. The summed E-state index contributed by atoms with van der Waals surface area (Å²) >= 11 is 4.38. The SMILES string of the molecule is C=CCSc1nnc(NC(=O)CCN2C(=O)CSc3ccccc32)s1. The minimum Gasteiger partial charge on any atom is -0.310 e. The molecule has 25 heavy (non-hydrogen) atoms. The number of hydrogen-bond acceptors (Lipinski definition) is 7. The molecule has 130 valence electrons. The lowest BCUT2D eigenvalue weighted by Gasteiger charge is -2.28. The molecular formula is C16H16N4O2S3. The summed E-state index contributed by atoms with van der Waals surface area (Å²) in [5.41, 5.74) is 0.871. The normalized spacial score (nSPS) is 13.4. The number of amides is 2. The number of fused-ring (bicyclic) bond motifs is 1. The smallest absolute Gasteiger partial charge is 0.237 e. The van der Waals surface area contributed by atoms with E-state index in [0.717, 1.165) is 20.7 Å². The Morgan fingerprint density at radius 2 is 2.24 bits per heavy atom. The molecule has 1 N–H and O–H groups in total. The lowest BCUT2D eigenvalue weighted by molar-refractivity contribution is -0.117. The van der Waals surface area contributed by atoms with E-state index in [0.29, 0.717) is 17.4 Å². The second-order valence-electron chi connectivity index (χ2n) is 5.07. The van der Waals surface area contributed by atoms with Crippen molar-refractivity contribution in [2.45, 2.75) is 15.7 Å². The maximum absolute atomic E-state index is 12.2. The number of nitrogens with zero attached hydrogens (tertiary/aromatic N) is 3. The molecule has 3 rings (SSSR count). The number of aromatic nitrogens is 2. The Hall–Kier alpha value is -1.84. The molecule has 0 saturated carbocycles. The summed E-state index contributed by atoms with van der Waals surface area (Å²) in [5, 5.41) is 11.2. The third-order valence-corrected chi connectivity index (χ3v) is 6.36. The zero-order valence-electron chi connectivity index (χ0n) is 13.3. The predicted molar refractivity (Wildman–Crippen MR) is 104 cm³/mol. The molecule has 0 fully saturated rings. The lowest BCUT2D eigenvalue weighted by Crippen LogP contribution is -2.37. The summed E-state index contributed by atoms with van der Waals surface area (Å²) in [7, 11) is 0. The maximum Gasteiger partial charge on any atom is 0.237 e. The lowest BCUT2D eigenvalue weighted by atomic mass is 10.2. The van der Waals surface area contributed by atoms with Crippen LogP contribution in [0, 0.1) is 0 Å². The fourth-order valence-electron chi connectivity index (χ4n) is 2.24. The molecule has 0 bridgehead atoms. The van der Waals surface area contributed by atoms with Gasteiger partial charge in [0.15, 0.2) is 4.34 Å². The molecule has 0 spiro atoms. The summed E-state index contributed by atoms with van der Waals surface area (Å²) in [6.07, 6.45) is 2.00. The summed E-state index contributed by atoms with van der Waals surface area (Å²) in [6.45, 7) is 4.00. The van der Waals surface area contributed by atoms with E-state index in [1.54, 1.807) is 11.0 Å². The zero-order valence-corrected chi connectivity index (χ0v) is 15.8. The summed E-state index contributed by atoms with van der Waals surface area (Å²) in [4.78, 5) is 27.1. The van der Waals surface area contributed by atoms with Crippen LogP contribution in [0.1, 0.15) is 6.42 Å². The number of anilines is 2. The van der Waals surface area contributed by atoms with Crippen molar-refractivity contribution in [3.8, 4) is 0 Å². The van der Waals surface area contributed by atoms with Gasteiger partial charge in [-0.15, -0.1) is 28.5 Å². The second-order valence-corrected chi connectivity index (χ2v) is 8.33. The van der Waals surface area contributed by atoms with Crippen molar-refractivity contribution < 1.29 is 9.59 Å². The number of rotatable bonds is 7. The van der Waals surface area contributed by atoms with E-state index >= 15 is 0 Å². The Labute approximate surface area is 158 Å². The quantitative estimate of drug-likeness (QED) is 0.443. The number of hydrogen-bond donors (Lipinski definition) is 1. The first-order valence-corrected chi connectivity index (χ1v) is 10.4. The van der Waals surface area contributed by atoms with Crippen LogP contribution in [0.5, 0.6) is 0 Å². The Morgan fingerprint density at radius 3 is 3.08 bits per heavy atom. The highest BCUT2D eigenvalue weighted by atomic mass is 32.2. The van der Waals surface area contributed by atoms with Gasteiger partial charge in [-0.1, -0.05) is 41.3 Å². The minimum absolute atomic E-state index is 0.0236. The number of thioether (sulfide) groups is 2. The van der Waals surface area contributed by atoms with Crippen LogP contribution in [0.15, 0.2) is 46.2 Å². The molecule has 0 radical (unpaired) electrons. The third-order valence-electron chi connectivity index (χ3n) is 3.35. The van der Waals surface area contributed by atoms with Crippen LogP contribution in [0.3, 0.4) is 0 Å². The molecule has 9 heteroatoms. The summed E-state index contributed by atoms with van der Waals surface area (Å²) < 4.78 is 0.785. The largest absolute Gasteiger partial charge is 0.310 e. The molecule has 0 unspecified atom stereocenters. The van der Waals surface area contributed by atoms with Crippen LogP contribution >= 0.6 is 34.9 Å². The average Bonchev–Trinajstić information content (AvgIpc) is 3.06. The van der Waals surface area contributed by atoms with Gasteiger partial charge in [0.05, 0.1) is 11.4 Å². The van der Waals surface area contributed by atoms with Gasteiger partial charge in [0, 0.05) is 23.6 Å². The molecule has 1 aliphatic rings. The Morgan fingerprint density at radius 1 is 1.40 bits per heavy atom. The molecule has 1 aliphatic heterocycles. The van der Waals surface area contributed by atoms with Crippen molar-refractivity contribution in [2.75, 3.05) is 28.3 Å². The Balaban J connectivity index is 1.56. The summed E-state index contributed by atoms with van der Waals surface area (Å²) in [5.74, 6) is 0.992. The van der Waals surface area contributed by atoms with Gasteiger partial charge in [-0.25, -0.2) is 0 Å². The van der Waals surface area contributed by atoms with Gasteiger partial charge in [0.25, 0.3) is 0 Å². The van der Waals surface area contributed by atoms with Gasteiger partial charge in [-0.05, 0) is 12.1 Å². The fraction of sp³-hybridized carbons (Fsp3) is 0.250. The molecule has 0 atom stereocenters. The van der Waals surface area contributed by atoms with Gasteiger partial charge in [-0.2, -0.15) is 0 Å². The van der Waals surface area contributed by atoms with Crippen LogP contribution in [-0.2, 0) is 9.59 Å². The molecule has 2 amide bonds. The average molecular weight is 393 g/mol. The standard InChI is InChI=1S/C16H16N4O2S3/c1-2-9-23-16-19-18-15(25-16)17-13(21)7-8-20-11-5-3-4-6-12(11)24-10-14(20)22/h2-6H,1,7-10H2,(H,17,18,21). The van der Waals surface area contributed by atoms with E-state index in [9.17, 15) is 9.59 Å². The van der Waals surface area contributed by atoms with E-state index in [1.807, 2.05) is 24.3 Å². The first-order valence-electron chi connectivity index (χ1n) is 7.56. The number of nitrogens with one attached hydrogen (secondary N) is 1. The number of carbonyl (C=O) groups excluding carboxylic acids is 2. The van der Waals surface area contributed by atoms with E-state index in [1.165, 1.54) is 34.9 Å². The maximum atomic E-state index is 12.2.